The predicted molar refractivity (Wildman–Crippen MR) is 67.4 cm³/mol. The van der Waals surface area contributed by atoms with Crippen molar-refractivity contribution in [2.24, 2.45) is 0 Å². The Bertz CT molecular complexity index is 454. The first-order chi connectivity index (χ1) is 8.31. The zero-order valence-electron chi connectivity index (χ0n) is 9.98. The minimum Gasteiger partial charge on any atom is -0.393 e. The Kier molecular flexibility index (Phi) is 4.86. The van der Waals surface area contributed by atoms with Gasteiger partial charge >= 0.3 is 0 Å². The number of aliphatic hydroxyl groups is 1. The Morgan fingerprint density at radius 2 is 2.17 bits per heavy atom. The maximum absolute atomic E-state index is 13.2. The summed E-state index contributed by atoms with van der Waals surface area (Å²) in [6.07, 6.45) is -0.130. The molecular weight excluding hydrogens is 263 g/mol. The van der Waals surface area contributed by atoms with E-state index in [9.17, 15) is 19.6 Å². The van der Waals surface area contributed by atoms with E-state index in [0.29, 0.717) is 6.42 Å². The Morgan fingerprint density at radius 3 is 2.67 bits per heavy atom. The van der Waals surface area contributed by atoms with E-state index in [-0.39, 0.29) is 22.4 Å². The van der Waals surface area contributed by atoms with Crippen molar-refractivity contribution in [2.45, 2.75) is 32.4 Å². The highest BCUT2D eigenvalue weighted by Crippen LogP contribution is 2.31. The zero-order chi connectivity index (χ0) is 13.9. The molecule has 18 heavy (non-hydrogen) atoms. The first kappa shape index (κ1) is 14.7. The molecule has 2 unspecified atom stereocenters. The van der Waals surface area contributed by atoms with Gasteiger partial charge in [-0.2, -0.15) is 0 Å². The van der Waals surface area contributed by atoms with Gasteiger partial charge < -0.3 is 10.4 Å². The number of hydrogen-bond acceptors (Lipinski definition) is 4. The smallest absolute Gasteiger partial charge is 0.295 e. The highest BCUT2D eigenvalue weighted by Gasteiger charge is 2.19. The molecule has 0 saturated carbocycles. The predicted octanol–water partition coefficient (Wildman–Crippen LogP) is 2.96. The first-order valence-corrected chi connectivity index (χ1v) is 5.77. The first-order valence-electron chi connectivity index (χ1n) is 5.39. The van der Waals surface area contributed by atoms with E-state index in [0.717, 1.165) is 6.07 Å². The van der Waals surface area contributed by atoms with Crippen molar-refractivity contribution in [3.05, 3.63) is 33.1 Å². The largest absolute Gasteiger partial charge is 0.393 e. The molecule has 2 atom stereocenters. The Balaban J connectivity index is 3.00. The molecule has 100 valence electrons. The summed E-state index contributed by atoms with van der Waals surface area (Å²) in [5, 5.41) is 22.7. The number of anilines is 1. The molecule has 0 bridgehead atoms. The summed E-state index contributed by atoms with van der Waals surface area (Å²) >= 11 is 5.59. The van der Waals surface area contributed by atoms with Crippen LogP contribution in [0.2, 0.25) is 5.02 Å². The van der Waals surface area contributed by atoms with Crippen molar-refractivity contribution in [1.82, 2.24) is 0 Å². The Hall–Kier alpha value is -1.40. The summed E-state index contributed by atoms with van der Waals surface area (Å²) in [5.41, 5.74) is -0.242. The maximum atomic E-state index is 13.2. The van der Waals surface area contributed by atoms with Crippen molar-refractivity contribution < 1.29 is 14.4 Å². The van der Waals surface area contributed by atoms with E-state index in [1.807, 2.05) is 0 Å². The summed E-state index contributed by atoms with van der Waals surface area (Å²) < 4.78 is 13.2. The summed E-state index contributed by atoms with van der Waals surface area (Å²) in [4.78, 5) is 10.1. The second-order valence-electron chi connectivity index (χ2n) is 4.17. The van der Waals surface area contributed by atoms with Crippen LogP contribution in [0.1, 0.15) is 20.3 Å². The highest BCUT2D eigenvalue weighted by atomic mass is 35.5. The van der Waals surface area contributed by atoms with Crippen LogP contribution in [-0.4, -0.2) is 22.2 Å². The van der Waals surface area contributed by atoms with Gasteiger partial charge in [-0.3, -0.25) is 10.1 Å². The molecule has 0 spiro atoms. The number of aliphatic hydroxyl groups excluding tert-OH is 1. The zero-order valence-corrected chi connectivity index (χ0v) is 10.7. The van der Waals surface area contributed by atoms with Gasteiger partial charge in [-0.05, 0) is 26.3 Å². The van der Waals surface area contributed by atoms with Crippen LogP contribution in [-0.2, 0) is 0 Å². The van der Waals surface area contributed by atoms with Crippen LogP contribution in [0.3, 0.4) is 0 Å². The third-order valence-electron chi connectivity index (χ3n) is 2.33. The molecule has 0 radical (unpaired) electrons. The highest BCUT2D eigenvalue weighted by molar-refractivity contribution is 6.31. The molecule has 0 amide bonds. The second kappa shape index (κ2) is 5.97. The van der Waals surface area contributed by atoms with Gasteiger partial charge in [0.2, 0.25) is 0 Å². The van der Waals surface area contributed by atoms with Gasteiger partial charge in [0.05, 0.1) is 22.1 Å². The fourth-order valence-electron chi connectivity index (χ4n) is 1.64. The SMILES string of the molecule is CC(O)CC(C)Nc1cc(Cl)c(F)cc1[N+](=O)[O-]. The number of benzene rings is 1. The molecule has 0 saturated heterocycles. The van der Waals surface area contributed by atoms with E-state index in [1.165, 1.54) is 6.07 Å². The third-order valence-corrected chi connectivity index (χ3v) is 2.62. The summed E-state index contributed by atoms with van der Waals surface area (Å²) in [7, 11) is 0. The van der Waals surface area contributed by atoms with Crippen LogP contribution in [0.15, 0.2) is 12.1 Å². The topological polar surface area (TPSA) is 75.4 Å². The molecule has 7 heteroatoms. The lowest BCUT2D eigenvalue weighted by atomic mass is 10.1. The standard InChI is InChI=1S/C11H14ClFN2O3/c1-6(3-7(2)16)14-10-4-8(12)9(13)5-11(10)15(17)18/h4-7,14,16H,3H2,1-2H3. The van der Waals surface area contributed by atoms with Crippen LogP contribution in [0.5, 0.6) is 0 Å². The Morgan fingerprint density at radius 1 is 1.56 bits per heavy atom. The van der Waals surface area contributed by atoms with Crippen LogP contribution < -0.4 is 5.32 Å². The van der Waals surface area contributed by atoms with Crippen LogP contribution in [0.25, 0.3) is 0 Å². The van der Waals surface area contributed by atoms with Crippen molar-refractivity contribution in [3.8, 4) is 0 Å². The molecule has 0 fully saturated rings. The van der Waals surface area contributed by atoms with Crippen LogP contribution in [0.4, 0.5) is 15.8 Å². The van der Waals surface area contributed by atoms with Gasteiger partial charge in [-0.15, -0.1) is 0 Å². The van der Waals surface area contributed by atoms with E-state index in [2.05, 4.69) is 5.32 Å². The number of halogens is 2. The summed E-state index contributed by atoms with van der Waals surface area (Å²) in [6, 6.07) is 1.75. The maximum Gasteiger partial charge on any atom is 0.295 e. The number of hydrogen-bond donors (Lipinski definition) is 2. The minimum atomic E-state index is -0.836. The average Bonchev–Trinajstić information content (AvgIpc) is 2.21. The van der Waals surface area contributed by atoms with Crippen LogP contribution >= 0.6 is 11.6 Å². The minimum absolute atomic E-state index is 0.138. The van der Waals surface area contributed by atoms with Crippen molar-refractivity contribution >= 4 is 23.0 Å². The molecule has 0 aliphatic rings. The lowest BCUT2D eigenvalue weighted by molar-refractivity contribution is -0.384. The second-order valence-corrected chi connectivity index (χ2v) is 4.58. The van der Waals surface area contributed by atoms with Gasteiger partial charge in [0.1, 0.15) is 11.5 Å². The van der Waals surface area contributed by atoms with Gasteiger partial charge in [0.15, 0.2) is 0 Å². The molecule has 0 aliphatic heterocycles. The van der Waals surface area contributed by atoms with E-state index in [4.69, 9.17) is 11.6 Å². The van der Waals surface area contributed by atoms with Crippen molar-refractivity contribution in [3.63, 3.8) is 0 Å². The number of rotatable bonds is 5. The molecule has 2 N–H and O–H groups in total. The van der Waals surface area contributed by atoms with Crippen molar-refractivity contribution in [2.75, 3.05) is 5.32 Å². The number of nitro benzene ring substituents is 1. The van der Waals surface area contributed by atoms with Gasteiger partial charge in [-0.25, -0.2) is 4.39 Å². The number of nitrogens with zero attached hydrogens (tertiary/aromatic N) is 1. The van der Waals surface area contributed by atoms with Gasteiger partial charge in [-0.1, -0.05) is 11.6 Å². The molecule has 1 rings (SSSR count). The average molecular weight is 277 g/mol. The summed E-state index contributed by atoms with van der Waals surface area (Å²) in [5.74, 6) is -0.836. The summed E-state index contributed by atoms with van der Waals surface area (Å²) in [6.45, 7) is 3.37. The fraction of sp³-hybridized carbons (Fsp3) is 0.455. The molecule has 1 aromatic rings. The Labute approximate surface area is 109 Å². The van der Waals surface area contributed by atoms with E-state index >= 15 is 0 Å². The normalized spacial score (nSPS) is 14.1. The fourth-order valence-corrected chi connectivity index (χ4v) is 1.80. The molecule has 5 nitrogen and oxygen atoms in total. The lowest BCUT2D eigenvalue weighted by Crippen LogP contribution is -2.21. The number of nitrogens with one attached hydrogen (secondary N) is 1. The lowest BCUT2D eigenvalue weighted by Gasteiger charge is -2.16. The molecular formula is C11H14ClFN2O3. The number of nitro groups is 1. The van der Waals surface area contributed by atoms with E-state index < -0.39 is 16.8 Å². The van der Waals surface area contributed by atoms with Gasteiger partial charge in [0.25, 0.3) is 5.69 Å². The van der Waals surface area contributed by atoms with Crippen molar-refractivity contribution in [1.29, 1.82) is 0 Å². The quantitative estimate of drug-likeness (QED) is 0.640. The van der Waals surface area contributed by atoms with E-state index in [1.54, 1.807) is 13.8 Å². The monoisotopic (exact) mass is 276 g/mol. The molecule has 0 aromatic heterocycles. The van der Waals surface area contributed by atoms with Gasteiger partial charge in [0, 0.05) is 6.04 Å². The third kappa shape index (κ3) is 3.82. The molecule has 0 heterocycles. The molecule has 0 aliphatic carbocycles. The van der Waals surface area contributed by atoms with Crippen LogP contribution in [0, 0.1) is 15.9 Å². The molecule has 1 aromatic carbocycles.